The topological polar surface area (TPSA) is 99.0 Å². The first-order valence-electron chi connectivity index (χ1n) is 10.4. The molecule has 2 rings (SSSR count). The van der Waals surface area contributed by atoms with Gasteiger partial charge in [-0.3, -0.25) is 15.0 Å². The highest BCUT2D eigenvalue weighted by atomic mass is 16.6. The zero-order valence-electron chi connectivity index (χ0n) is 18.6. The van der Waals surface area contributed by atoms with E-state index in [1.54, 1.807) is 36.4 Å². The minimum atomic E-state index is -0.570. The molecule has 0 radical (unpaired) electrons. The molecule has 0 bridgehead atoms. The Morgan fingerprint density at radius 1 is 1.03 bits per heavy atom. The summed E-state index contributed by atoms with van der Waals surface area (Å²) in [7, 11) is 0. The van der Waals surface area contributed by atoms with Crippen molar-refractivity contribution >= 4 is 23.4 Å². The number of esters is 1. The molecule has 0 aliphatic carbocycles. The summed E-state index contributed by atoms with van der Waals surface area (Å²) < 4.78 is 10.6. The summed E-state index contributed by atoms with van der Waals surface area (Å²) in [5, 5.41) is 10.8. The van der Waals surface area contributed by atoms with E-state index in [0.717, 1.165) is 18.4 Å². The van der Waals surface area contributed by atoms with Gasteiger partial charge >= 0.3 is 12.1 Å². The number of hydrogen-bond acceptors (Lipinski definition) is 6. The molecule has 0 aliphatic rings. The summed E-state index contributed by atoms with van der Waals surface area (Å²) in [5.41, 5.74) is 2.62. The van der Waals surface area contributed by atoms with Crippen LogP contribution in [-0.2, 0) is 16.1 Å². The molecule has 0 unspecified atom stereocenters. The van der Waals surface area contributed by atoms with Crippen LogP contribution in [0.3, 0.4) is 0 Å². The normalized spacial score (nSPS) is 10.2. The molecule has 0 aliphatic heterocycles. The number of unbranched alkanes of at least 4 members (excludes halogenated alkanes) is 1. The number of rotatable bonds is 10. The van der Waals surface area contributed by atoms with Crippen molar-refractivity contribution in [3.8, 4) is 0 Å². The number of carbonyl (C=O) groups is 2. The molecule has 8 heteroatoms. The summed E-state index contributed by atoms with van der Waals surface area (Å²) >= 11 is 0. The van der Waals surface area contributed by atoms with Gasteiger partial charge in [-0.15, -0.1) is 0 Å². The molecule has 0 spiro atoms. The number of allylic oxidation sites excluding steroid dienone is 1. The number of anilines is 1. The third-order valence-electron chi connectivity index (χ3n) is 4.56. The monoisotopic (exact) mass is 440 g/mol. The van der Waals surface area contributed by atoms with Gasteiger partial charge in [0.05, 0.1) is 17.1 Å². The van der Waals surface area contributed by atoms with Crippen LogP contribution in [0.25, 0.3) is 0 Å². The summed E-state index contributed by atoms with van der Waals surface area (Å²) in [5.74, 6) is -0.401. The lowest BCUT2D eigenvalue weighted by Crippen LogP contribution is -2.31. The maximum atomic E-state index is 12.8. The molecule has 0 aromatic heterocycles. The van der Waals surface area contributed by atoms with Crippen molar-refractivity contribution in [2.24, 2.45) is 0 Å². The van der Waals surface area contributed by atoms with Gasteiger partial charge in [0.15, 0.2) is 0 Å². The first kappa shape index (κ1) is 24.6. The Balaban J connectivity index is 2.09. The molecule has 8 nitrogen and oxygen atoms in total. The zero-order chi connectivity index (χ0) is 23.5. The number of hydrogen-bond donors (Lipinski definition) is 0. The van der Waals surface area contributed by atoms with Crippen LogP contribution in [0.1, 0.15) is 49.5 Å². The van der Waals surface area contributed by atoms with E-state index in [9.17, 15) is 19.7 Å². The van der Waals surface area contributed by atoms with Gasteiger partial charge in [0.2, 0.25) is 0 Å². The predicted molar refractivity (Wildman–Crippen MR) is 122 cm³/mol. The SMILES string of the molecule is CCCCOC(=O)c1ccc(N(CC=C(C)C)C(=O)OCc2ccc([N+](=O)[O-])cc2)cc1. The number of non-ortho nitro benzene ring substituents is 1. The number of nitrogens with zero attached hydrogens (tertiary/aromatic N) is 2. The van der Waals surface area contributed by atoms with Crippen LogP contribution in [0, 0.1) is 10.1 Å². The van der Waals surface area contributed by atoms with Gasteiger partial charge in [0.1, 0.15) is 6.61 Å². The molecule has 32 heavy (non-hydrogen) atoms. The molecule has 0 saturated heterocycles. The Labute approximate surface area is 187 Å². The largest absolute Gasteiger partial charge is 0.462 e. The second-order valence-corrected chi connectivity index (χ2v) is 7.41. The van der Waals surface area contributed by atoms with E-state index in [-0.39, 0.29) is 12.3 Å². The minimum absolute atomic E-state index is 0.0238. The highest BCUT2D eigenvalue weighted by Gasteiger charge is 2.18. The number of benzene rings is 2. The molecule has 170 valence electrons. The maximum absolute atomic E-state index is 12.8. The van der Waals surface area contributed by atoms with Crippen LogP contribution < -0.4 is 4.90 Å². The molecule has 0 N–H and O–H groups in total. The molecule has 1 amide bonds. The first-order valence-corrected chi connectivity index (χ1v) is 10.4. The fraction of sp³-hybridized carbons (Fsp3) is 0.333. The van der Waals surface area contributed by atoms with Gasteiger partial charge in [-0.25, -0.2) is 9.59 Å². The predicted octanol–water partition coefficient (Wildman–Crippen LogP) is 5.66. The van der Waals surface area contributed by atoms with E-state index in [0.29, 0.717) is 30.0 Å². The fourth-order valence-corrected chi connectivity index (χ4v) is 2.67. The minimum Gasteiger partial charge on any atom is -0.462 e. The van der Waals surface area contributed by atoms with E-state index in [1.807, 2.05) is 26.8 Å². The average molecular weight is 440 g/mol. The third kappa shape index (κ3) is 7.54. The van der Waals surface area contributed by atoms with Crippen molar-refractivity contribution in [3.63, 3.8) is 0 Å². The van der Waals surface area contributed by atoms with Gasteiger partial charge in [0.25, 0.3) is 5.69 Å². The summed E-state index contributed by atoms with van der Waals surface area (Å²) in [4.78, 5) is 36.6. The van der Waals surface area contributed by atoms with Gasteiger partial charge < -0.3 is 9.47 Å². The lowest BCUT2D eigenvalue weighted by molar-refractivity contribution is -0.384. The Morgan fingerprint density at radius 3 is 2.25 bits per heavy atom. The van der Waals surface area contributed by atoms with Crippen molar-refractivity contribution < 1.29 is 24.0 Å². The lowest BCUT2D eigenvalue weighted by Gasteiger charge is -2.21. The van der Waals surface area contributed by atoms with Crippen molar-refractivity contribution in [3.05, 3.63) is 81.4 Å². The van der Waals surface area contributed by atoms with E-state index >= 15 is 0 Å². The standard InChI is InChI=1S/C24H28N2O6/c1-4-5-16-31-23(27)20-8-12-21(13-9-20)25(15-14-18(2)3)24(28)32-17-19-6-10-22(11-7-19)26(29)30/h6-14H,4-5,15-17H2,1-3H3. The van der Waals surface area contributed by atoms with Gasteiger partial charge in [-0.1, -0.05) is 25.0 Å². The van der Waals surface area contributed by atoms with Crippen LogP contribution in [0.5, 0.6) is 0 Å². The third-order valence-corrected chi connectivity index (χ3v) is 4.56. The van der Waals surface area contributed by atoms with Crippen molar-refractivity contribution in [2.75, 3.05) is 18.1 Å². The molecule has 0 fully saturated rings. The number of nitro benzene ring substituents is 1. The molecule has 0 atom stereocenters. The van der Waals surface area contributed by atoms with Gasteiger partial charge in [-0.2, -0.15) is 0 Å². The maximum Gasteiger partial charge on any atom is 0.414 e. The summed E-state index contributed by atoms with van der Waals surface area (Å²) in [6.07, 6.45) is 3.06. The van der Waals surface area contributed by atoms with Crippen LogP contribution in [-0.4, -0.2) is 30.1 Å². The van der Waals surface area contributed by atoms with E-state index in [2.05, 4.69) is 0 Å². The second-order valence-electron chi connectivity index (χ2n) is 7.41. The molecular formula is C24H28N2O6. The smallest absolute Gasteiger partial charge is 0.414 e. The Kier molecular flexibility index (Phi) is 9.41. The van der Waals surface area contributed by atoms with Crippen LogP contribution in [0.2, 0.25) is 0 Å². The number of ether oxygens (including phenoxy) is 2. The first-order chi connectivity index (χ1) is 15.3. The highest BCUT2D eigenvalue weighted by molar-refractivity contribution is 5.92. The van der Waals surface area contributed by atoms with Crippen LogP contribution >= 0.6 is 0 Å². The fourth-order valence-electron chi connectivity index (χ4n) is 2.67. The number of amides is 1. The van der Waals surface area contributed by atoms with E-state index in [1.165, 1.54) is 17.0 Å². The molecule has 0 saturated carbocycles. The Hall–Kier alpha value is -3.68. The van der Waals surface area contributed by atoms with Crippen molar-refractivity contribution in [1.29, 1.82) is 0 Å². The summed E-state index contributed by atoms with van der Waals surface area (Å²) in [6, 6.07) is 12.4. The van der Waals surface area contributed by atoms with Crippen molar-refractivity contribution in [1.82, 2.24) is 0 Å². The quantitative estimate of drug-likeness (QED) is 0.155. The van der Waals surface area contributed by atoms with Crippen molar-refractivity contribution in [2.45, 2.75) is 40.2 Å². The number of nitro groups is 1. The number of carbonyl (C=O) groups excluding carboxylic acids is 2. The van der Waals surface area contributed by atoms with E-state index < -0.39 is 17.0 Å². The van der Waals surface area contributed by atoms with Crippen LogP contribution in [0.4, 0.5) is 16.2 Å². The van der Waals surface area contributed by atoms with Gasteiger partial charge in [-0.05, 0) is 62.2 Å². The second kappa shape index (κ2) is 12.2. The highest BCUT2D eigenvalue weighted by Crippen LogP contribution is 2.19. The molecule has 2 aromatic carbocycles. The molecular weight excluding hydrogens is 412 g/mol. The van der Waals surface area contributed by atoms with Gasteiger partial charge in [0, 0.05) is 24.4 Å². The summed E-state index contributed by atoms with van der Waals surface area (Å²) in [6.45, 7) is 6.51. The average Bonchev–Trinajstić information content (AvgIpc) is 2.78. The lowest BCUT2D eigenvalue weighted by atomic mass is 10.2. The van der Waals surface area contributed by atoms with E-state index in [4.69, 9.17) is 9.47 Å². The van der Waals surface area contributed by atoms with Crippen LogP contribution in [0.15, 0.2) is 60.2 Å². The molecule has 0 heterocycles. The Morgan fingerprint density at radius 2 is 1.69 bits per heavy atom. The molecule has 2 aromatic rings. The Bertz CT molecular complexity index is 947. The zero-order valence-corrected chi connectivity index (χ0v) is 18.6.